The van der Waals surface area contributed by atoms with Crippen molar-refractivity contribution < 1.29 is 0 Å². The molecule has 4 heteroatoms. The largest absolute Gasteiger partial charge is 0.380 e. The highest BCUT2D eigenvalue weighted by molar-refractivity contribution is 6.30. The summed E-state index contributed by atoms with van der Waals surface area (Å²) < 4.78 is 0. The molecule has 0 aliphatic rings. The number of anilines is 1. The van der Waals surface area contributed by atoms with Crippen LogP contribution in [0.4, 0.5) is 5.69 Å². The topological polar surface area (TPSA) is 61.8 Å². The molecule has 1 aromatic carbocycles. The minimum Gasteiger partial charge on any atom is -0.380 e. The molecule has 1 aromatic rings. The van der Waals surface area contributed by atoms with Gasteiger partial charge in [0.25, 0.3) is 0 Å². The third-order valence-electron chi connectivity index (χ3n) is 1.86. The van der Waals surface area contributed by atoms with E-state index >= 15 is 0 Å². The first-order chi connectivity index (χ1) is 6.67. The molecule has 1 rings (SSSR count). The van der Waals surface area contributed by atoms with Gasteiger partial charge in [-0.3, -0.25) is 0 Å². The summed E-state index contributed by atoms with van der Waals surface area (Å²) in [5, 5.41) is 12.6. The molecule has 1 atom stereocenters. The predicted octanol–water partition coefficient (Wildman–Crippen LogP) is 1.97. The second-order valence-corrected chi connectivity index (χ2v) is 3.52. The van der Waals surface area contributed by atoms with Crippen molar-refractivity contribution in [1.82, 2.24) is 0 Å². The van der Waals surface area contributed by atoms with Gasteiger partial charge < -0.3 is 11.1 Å². The molecule has 3 nitrogen and oxygen atoms in total. The van der Waals surface area contributed by atoms with Crippen molar-refractivity contribution in [2.24, 2.45) is 5.73 Å². The Kier molecular flexibility index (Phi) is 3.75. The summed E-state index contributed by atoms with van der Waals surface area (Å²) in [6.07, 6.45) is 0. The average molecular weight is 210 g/mol. The van der Waals surface area contributed by atoms with Gasteiger partial charge in [-0.25, -0.2) is 0 Å². The Morgan fingerprint density at radius 2 is 2.36 bits per heavy atom. The fourth-order valence-electron chi connectivity index (χ4n) is 1.06. The number of hydrogen-bond acceptors (Lipinski definition) is 3. The van der Waals surface area contributed by atoms with Gasteiger partial charge in [-0.05, 0) is 25.1 Å². The Morgan fingerprint density at radius 1 is 1.64 bits per heavy atom. The molecule has 74 valence electrons. The van der Waals surface area contributed by atoms with Gasteiger partial charge >= 0.3 is 0 Å². The smallest absolute Gasteiger partial charge is 0.101 e. The van der Waals surface area contributed by atoms with Crippen molar-refractivity contribution in [2.75, 3.05) is 11.9 Å². The lowest BCUT2D eigenvalue weighted by Crippen LogP contribution is -2.25. The Morgan fingerprint density at radius 3 is 2.93 bits per heavy atom. The van der Waals surface area contributed by atoms with Crippen LogP contribution < -0.4 is 11.1 Å². The first kappa shape index (κ1) is 10.8. The molecule has 0 spiro atoms. The van der Waals surface area contributed by atoms with Crippen molar-refractivity contribution in [3.8, 4) is 6.07 Å². The predicted molar refractivity (Wildman–Crippen MR) is 58.3 cm³/mol. The van der Waals surface area contributed by atoms with Crippen LogP contribution in [0.2, 0.25) is 5.02 Å². The molecule has 0 aromatic heterocycles. The summed E-state index contributed by atoms with van der Waals surface area (Å²) in [6, 6.07) is 7.33. The molecule has 1 unspecified atom stereocenters. The summed E-state index contributed by atoms with van der Waals surface area (Å²) >= 11 is 5.82. The standard InChI is InChI=1S/C10H12ClN3/c1-7(5-12)14-10-4-9(11)3-2-8(10)6-13/h2-4,7,14H,5,12H2,1H3. The lowest BCUT2D eigenvalue weighted by molar-refractivity contribution is 0.803. The average Bonchev–Trinajstić information content (AvgIpc) is 2.18. The van der Waals surface area contributed by atoms with Crippen LogP contribution in [0, 0.1) is 11.3 Å². The van der Waals surface area contributed by atoms with E-state index in [1.807, 2.05) is 6.92 Å². The van der Waals surface area contributed by atoms with E-state index in [-0.39, 0.29) is 6.04 Å². The first-order valence-corrected chi connectivity index (χ1v) is 4.71. The fourth-order valence-corrected chi connectivity index (χ4v) is 1.23. The lowest BCUT2D eigenvalue weighted by atomic mass is 10.2. The zero-order chi connectivity index (χ0) is 10.6. The van der Waals surface area contributed by atoms with Gasteiger partial charge in [-0.15, -0.1) is 0 Å². The van der Waals surface area contributed by atoms with Gasteiger partial charge in [0.2, 0.25) is 0 Å². The number of nitrogens with zero attached hydrogens (tertiary/aromatic N) is 1. The van der Waals surface area contributed by atoms with Gasteiger partial charge in [0.15, 0.2) is 0 Å². The van der Waals surface area contributed by atoms with E-state index in [4.69, 9.17) is 22.6 Å². The molecule has 0 bridgehead atoms. The molecule has 0 saturated heterocycles. The maximum Gasteiger partial charge on any atom is 0.101 e. The number of rotatable bonds is 3. The van der Waals surface area contributed by atoms with Crippen LogP contribution >= 0.6 is 11.6 Å². The highest BCUT2D eigenvalue weighted by Gasteiger charge is 2.05. The van der Waals surface area contributed by atoms with E-state index in [0.29, 0.717) is 17.1 Å². The number of nitrogens with one attached hydrogen (secondary N) is 1. The number of nitriles is 1. The summed E-state index contributed by atoms with van der Waals surface area (Å²) in [5.74, 6) is 0. The van der Waals surface area contributed by atoms with Gasteiger partial charge in [-0.2, -0.15) is 5.26 Å². The maximum absolute atomic E-state index is 8.83. The van der Waals surface area contributed by atoms with Crippen molar-refractivity contribution >= 4 is 17.3 Å². The Balaban J connectivity index is 2.94. The third kappa shape index (κ3) is 2.63. The van der Waals surface area contributed by atoms with Crippen LogP contribution in [0.15, 0.2) is 18.2 Å². The molecule has 0 fully saturated rings. The van der Waals surface area contributed by atoms with Crippen LogP contribution in [0.1, 0.15) is 12.5 Å². The minimum atomic E-state index is 0.126. The summed E-state index contributed by atoms with van der Waals surface area (Å²) in [7, 11) is 0. The third-order valence-corrected chi connectivity index (χ3v) is 2.09. The van der Waals surface area contributed by atoms with Gasteiger partial charge in [0.1, 0.15) is 6.07 Å². The number of benzene rings is 1. The number of halogens is 1. The molecular weight excluding hydrogens is 198 g/mol. The van der Waals surface area contributed by atoms with Crippen molar-refractivity contribution in [1.29, 1.82) is 5.26 Å². The zero-order valence-electron chi connectivity index (χ0n) is 7.92. The highest BCUT2D eigenvalue weighted by Crippen LogP contribution is 2.20. The Bertz CT molecular complexity index is 357. The van der Waals surface area contributed by atoms with Gasteiger partial charge in [0.05, 0.1) is 11.3 Å². The molecule has 0 saturated carbocycles. The summed E-state index contributed by atoms with van der Waals surface area (Å²) in [4.78, 5) is 0. The number of hydrogen-bond donors (Lipinski definition) is 2. The monoisotopic (exact) mass is 209 g/mol. The first-order valence-electron chi connectivity index (χ1n) is 4.33. The zero-order valence-corrected chi connectivity index (χ0v) is 8.67. The fraction of sp³-hybridized carbons (Fsp3) is 0.300. The Labute approximate surface area is 88.5 Å². The highest BCUT2D eigenvalue weighted by atomic mass is 35.5. The van der Waals surface area contributed by atoms with Crippen LogP contribution in [-0.4, -0.2) is 12.6 Å². The van der Waals surface area contributed by atoms with E-state index in [9.17, 15) is 0 Å². The minimum absolute atomic E-state index is 0.126. The molecule has 0 aliphatic heterocycles. The quantitative estimate of drug-likeness (QED) is 0.800. The molecule has 0 heterocycles. The molecule has 0 aliphatic carbocycles. The summed E-state index contributed by atoms with van der Waals surface area (Å²) in [6.45, 7) is 2.46. The van der Waals surface area contributed by atoms with Crippen LogP contribution in [0.25, 0.3) is 0 Å². The van der Waals surface area contributed by atoms with E-state index in [1.165, 1.54) is 0 Å². The van der Waals surface area contributed by atoms with E-state index in [2.05, 4.69) is 11.4 Å². The van der Waals surface area contributed by atoms with Crippen molar-refractivity contribution in [3.63, 3.8) is 0 Å². The number of nitrogens with two attached hydrogens (primary N) is 1. The van der Waals surface area contributed by atoms with E-state index < -0.39 is 0 Å². The SMILES string of the molecule is CC(CN)Nc1cc(Cl)ccc1C#N. The molecule has 0 radical (unpaired) electrons. The van der Waals surface area contributed by atoms with E-state index in [0.717, 1.165) is 5.69 Å². The summed E-state index contributed by atoms with van der Waals surface area (Å²) in [5.41, 5.74) is 6.78. The van der Waals surface area contributed by atoms with Crippen LogP contribution in [0.5, 0.6) is 0 Å². The van der Waals surface area contributed by atoms with Gasteiger partial charge in [0, 0.05) is 17.6 Å². The second-order valence-electron chi connectivity index (χ2n) is 3.08. The van der Waals surface area contributed by atoms with Crippen LogP contribution in [-0.2, 0) is 0 Å². The van der Waals surface area contributed by atoms with Gasteiger partial charge in [-0.1, -0.05) is 11.6 Å². The molecule has 3 N–H and O–H groups in total. The molecular formula is C10H12ClN3. The normalized spacial score (nSPS) is 11.9. The van der Waals surface area contributed by atoms with Crippen molar-refractivity contribution in [2.45, 2.75) is 13.0 Å². The Hall–Kier alpha value is -1.24. The molecule has 14 heavy (non-hydrogen) atoms. The molecule has 0 amide bonds. The van der Waals surface area contributed by atoms with Crippen LogP contribution in [0.3, 0.4) is 0 Å². The lowest BCUT2D eigenvalue weighted by Gasteiger charge is -2.14. The second kappa shape index (κ2) is 4.85. The maximum atomic E-state index is 8.83. The van der Waals surface area contributed by atoms with E-state index in [1.54, 1.807) is 18.2 Å². The van der Waals surface area contributed by atoms with Crippen molar-refractivity contribution in [3.05, 3.63) is 28.8 Å².